The number of ether oxygens (including phenoxy) is 1. The van der Waals surface area contributed by atoms with Gasteiger partial charge in [0.2, 0.25) is 0 Å². The van der Waals surface area contributed by atoms with E-state index in [0.29, 0.717) is 0 Å². The van der Waals surface area contributed by atoms with Gasteiger partial charge in [0.05, 0.1) is 0 Å². The van der Waals surface area contributed by atoms with E-state index in [2.05, 4.69) is 5.32 Å². The van der Waals surface area contributed by atoms with E-state index in [4.69, 9.17) is 4.74 Å². The van der Waals surface area contributed by atoms with E-state index in [0.717, 1.165) is 26.1 Å². The third-order valence-electron chi connectivity index (χ3n) is 3.81. The van der Waals surface area contributed by atoms with E-state index in [1.54, 1.807) is 0 Å². The Bertz CT molecular complexity index is 303. The number of nitrogens with one attached hydrogen (secondary N) is 1. The maximum atomic E-state index is 12.2. The van der Waals surface area contributed by atoms with E-state index in [1.165, 1.54) is 25.7 Å². The summed E-state index contributed by atoms with van der Waals surface area (Å²) in [4.78, 5) is 14.1. The van der Waals surface area contributed by atoms with Crippen LogP contribution in [0.4, 0.5) is 4.79 Å². The van der Waals surface area contributed by atoms with Gasteiger partial charge in [-0.25, -0.2) is 4.79 Å². The summed E-state index contributed by atoms with van der Waals surface area (Å²) in [6.07, 6.45) is 5.73. The molecule has 18 heavy (non-hydrogen) atoms. The first-order valence-corrected chi connectivity index (χ1v) is 7.13. The molecule has 2 fully saturated rings. The Morgan fingerprint density at radius 3 is 2.56 bits per heavy atom. The van der Waals surface area contributed by atoms with Gasteiger partial charge in [0, 0.05) is 18.6 Å². The lowest BCUT2D eigenvalue weighted by molar-refractivity contribution is 0.0215. The number of amides is 1. The Kier molecular flexibility index (Phi) is 3.85. The summed E-state index contributed by atoms with van der Waals surface area (Å²) in [5.74, 6) is 0. The van der Waals surface area contributed by atoms with Crippen LogP contribution >= 0.6 is 0 Å². The molecule has 1 amide bonds. The molecule has 0 bridgehead atoms. The average molecular weight is 254 g/mol. The van der Waals surface area contributed by atoms with Crippen molar-refractivity contribution in [2.75, 3.05) is 19.6 Å². The summed E-state index contributed by atoms with van der Waals surface area (Å²) in [7, 11) is 0. The SMILES string of the molecule is CC(C)(C)OC(=O)N1CCCCC2(CCCN2)C1. The Labute approximate surface area is 110 Å². The molecule has 4 heteroatoms. The van der Waals surface area contributed by atoms with Crippen molar-refractivity contribution < 1.29 is 9.53 Å². The summed E-state index contributed by atoms with van der Waals surface area (Å²) < 4.78 is 5.49. The highest BCUT2D eigenvalue weighted by Crippen LogP contribution is 2.29. The van der Waals surface area contributed by atoms with Crippen molar-refractivity contribution in [1.29, 1.82) is 0 Å². The fourth-order valence-corrected chi connectivity index (χ4v) is 2.99. The van der Waals surface area contributed by atoms with Gasteiger partial charge in [-0.1, -0.05) is 0 Å². The van der Waals surface area contributed by atoms with Crippen LogP contribution < -0.4 is 5.32 Å². The number of nitrogens with zero attached hydrogens (tertiary/aromatic N) is 1. The lowest BCUT2D eigenvalue weighted by Gasteiger charge is -2.34. The Morgan fingerprint density at radius 1 is 1.22 bits per heavy atom. The van der Waals surface area contributed by atoms with Gasteiger partial charge in [-0.3, -0.25) is 0 Å². The van der Waals surface area contributed by atoms with Crippen LogP contribution in [0.15, 0.2) is 0 Å². The zero-order chi connectivity index (χ0) is 13.2. The molecule has 2 aliphatic heterocycles. The van der Waals surface area contributed by atoms with Crippen LogP contribution in [-0.2, 0) is 4.74 Å². The number of likely N-dealkylation sites (tertiary alicyclic amines) is 1. The number of hydrogen-bond acceptors (Lipinski definition) is 3. The molecule has 0 saturated carbocycles. The molecule has 1 atom stereocenters. The number of hydrogen-bond donors (Lipinski definition) is 1. The van der Waals surface area contributed by atoms with Crippen LogP contribution in [0.5, 0.6) is 0 Å². The van der Waals surface area contributed by atoms with Gasteiger partial charge in [-0.15, -0.1) is 0 Å². The summed E-state index contributed by atoms with van der Waals surface area (Å²) in [5, 5.41) is 3.61. The third-order valence-corrected chi connectivity index (χ3v) is 3.81. The zero-order valence-corrected chi connectivity index (χ0v) is 11.9. The highest BCUT2D eigenvalue weighted by molar-refractivity contribution is 5.68. The first-order chi connectivity index (χ1) is 8.40. The van der Waals surface area contributed by atoms with Gasteiger partial charge in [0.15, 0.2) is 0 Å². The second-order valence-corrected chi connectivity index (χ2v) is 6.67. The summed E-state index contributed by atoms with van der Waals surface area (Å²) in [5.41, 5.74) is -0.243. The van der Waals surface area contributed by atoms with Gasteiger partial charge in [-0.05, 0) is 59.4 Å². The summed E-state index contributed by atoms with van der Waals surface area (Å²) in [6.45, 7) is 8.49. The molecule has 0 aromatic rings. The molecule has 0 radical (unpaired) electrons. The first kappa shape index (κ1) is 13.7. The Morgan fingerprint density at radius 2 is 1.94 bits per heavy atom. The number of carbonyl (C=O) groups is 1. The summed E-state index contributed by atoms with van der Waals surface area (Å²) in [6, 6.07) is 0. The highest BCUT2D eigenvalue weighted by Gasteiger charge is 2.38. The van der Waals surface area contributed by atoms with Crippen molar-refractivity contribution >= 4 is 6.09 Å². The van der Waals surface area contributed by atoms with E-state index in [9.17, 15) is 4.79 Å². The second kappa shape index (κ2) is 5.08. The lowest BCUT2D eigenvalue weighted by Crippen LogP contribution is -2.51. The summed E-state index contributed by atoms with van der Waals surface area (Å²) >= 11 is 0. The van der Waals surface area contributed by atoms with Gasteiger partial charge in [0.1, 0.15) is 5.60 Å². The minimum atomic E-state index is -0.403. The molecule has 0 aliphatic carbocycles. The monoisotopic (exact) mass is 254 g/mol. The van der Waals surface area contributed by atoms with Crippen LogP contribution in [-0.4, -0.2) is 41.8 Å². The molecule has 2 saturated heterocycles. The van der Waals surface area contributed by atoms with Crippen molar-refractivity contribution in [3.05, 3.63) is 0 Å². The largest absolute Gasteiger partial charge is 0.444 e. The lowest BCUT2D eigenvalue weighted by atomic mass is 9.92. The normalized spacial score (nSPS) is 29.4. The average Bonchev–Trinajstić information content (AvgIpc) is 2.57. The van der Waals surface area contributed by atoms with Crippen molar-refractivity contribution in [2.45, 2.75) is 64.0 Å². The van der Waals surface area contributed by atoms with E-state index < -0.39 is 5.60 Å². The first-order valence-electron chi connectivity index (χ1n) is 7.13. The van der Waals surface area contributed by atoms with Gasteiger partial charge in [0.25, 0.3) is 0 Å². The van der Waals surface area contributed by atoms with Crippen LogP contribution in [0, 0.1) is 0 Å². The van der Waals surface area contributed by atoms with E-state index in [-0.39, 0.29) is 11.6 Å². The molecule has 2 aliphatic rings. The molecule has 1 unspecified atom stereocenters. The predicted molar refractivity (Wildman–Crippen MR) is 71.6 cm³/mol. The van der Waals surface area contributed by atoms with E-state index in [1.807, 2.05) is 25.7 Å². The van der Waals surface area contributed by atoms with Crippen molar-refractivity contribution in [3.63, 3.8) is 0 Å². The van der Waals surface area contributed by atoms with Gasteiger partial charge >= 0.3 is 6.09 Å². The van der Waals surface area contributed by atoms with Crippen LogP contribution in [0.2, 0.25) is 0 Å². The fraction of sp³-hybridized carbons (Fsp3) is 0.929. The predicted octanol–water partition coefficient (Wildman–Crippen LogP) is 2.53. The quantitative estimate of drug-likeness (QED) is 0.722. The Hall–Kier alpha value is -0.770. The topological polar surface area (TPSA) is 41.6 Å². The molecule has 0 aromatic heterocycles. The minimum Gasteiger partial charge on any atom is -0.444 e. The fourth-order valence-electron chi connectivity index (χ4n) is 2.99. The minimum absolute atomic E-state index is 0.155. The third kappa shape index (κ3) is 3.37. The molecule has 4 nitrogen and oxygen atoms in total. The maximum Gasteiger partial charge on any atom is 0.410 e. The maximum absolute atomic E-state index is 12.2. The van der Waals surface area contributed by atoms with Crippen LogP contribution in [0.1, 0.15) is 52.9 Å². The smallest absolute Gasteiger partial charge is 0.410 e. The van der Waals surface area contributed by atoms with Crippen molar-refractivity contribution in [3.8, 4) is 0 Å². The standard InChI is InChI=1S/C14H26N2O2/c1-13(2,3)18-12(17)16-10-5-4-7-14(11-16)8-6-9-15-14/h15H,4-11H2,1-3H3. The number of rotatable bonds is 0. The van der Waals surface area contributed by atoms with E-state index >= 15 is 0 Å². The Balaban J connectivity index is 2.01. The molecular formula is C14H26N2O2. The number of carbonyl (C=O) groups excluding carboxylic acids is 1. The van der Waals surface area contributed by atoms with Crippen LogP contribution in [0.3, 0.4) is 0 Å². The zero-order valence-electron chi connectivity index (χ0n) is 11.9. The molecule has 2 rings (SSSR count). The van der Waals surface area contributed by atoms with Crippen LogP contribution in [0.25, 0.3) is 0 Å². The van der Waals surface area contributed by atoms with Gasteiger partial charge < -0.3 is 15.0 Å². The van der Waals surface area contributed by atoms with Gasteiger partial charge in [-0.2, -0.15) is 0 Å². The van der Waals surface area contributed by atoms with Crippen molar-refractivity contribution in [1.82, 2.24) is 10.2 Å². The molecule has 2 heterocycles. The molecule has 1 spiro atoms. The molecule has 1 N–H and O–H groups in total. The van der Waals surface area contributed by atoms with Crippen molar-refractivity contribution in [2.24, 2.45) is 0 Å². The molecule has 0 aromatic carbocycles. The molecule has 104 valence electrons. The molecular weight excluding hydrogens is 228 g/mol. The second-order valence-electron chi connectivity index (χ2n) is 6.67. The highest BCUT2D eigenvalue weighted by atomic mass is 16.6.